The van der Waals surface area contributed by atoms with Crippen LogP contribution in [-0.4, -0.2) is 32.2 Å². The summed E-state index contributed by atoms with van der Waals surface area (Å²) >= 11 is 0. The van der Waals surface area contributed by atoms with Crippen molar-refractivity contribution in [1.29, 1.82) is 0 Å². The van der Waals surface area contributed by atoms with E-state index in [2.05, 4.69) is 6.92 Å². The van der Waals surface area contributed by atoms with Crippen LogP contribution in [0.5, 0.6) is 0 Å². The van der Waals surface area contributed by atoms with Gasteiger partial charge in [0.15, 0.2) is 11.4 Å². The van der Waals surface area contributed by atoms with Crippen molar-refractivity contribution in [3.05, 3.63) is 23.7 Å². The van der Waals surface area contributed by atoms with Crippen LogP contribution in [0, 0.1) is 0 Å². The Balaban J connectivity index is 2.87. The zero-order valence-corrected chi connectivity index (χ0v) is 10.9. The highest BCUT2D eigenvalue weighted by molar-refractivity contribution is 6.03. The van der Waals surface area contributed by atoms with E-state index in [0.717, 1.165) is 12.8 Å². The topological polar surface area (TPSA) is 44.8 Å². The monoisotopic (exact) mass is 240 g/mol. The molecule has 1 unspecified atom stereocenters. The molecule has 0 N–H and O–H groups in total. The summed E-state index contributed by atoms with van der Waals surface area (Å²) in [6, 6.07) is 0. The molecule has 0 saturated heterocycles. The molecule has 0 aliphatic heterocycles. The van der Waals surface area contributed by atoms with Crippen LogP contribution in [0.1, 0.15) is 26.7 Å². The minimum Gasteiger partial charge on any atom is -0.497 e. The molecule has 0 bridgehead atoms. The van der Waals surface area contributed by atoms with Gasteiger partial charge in [-0.05, 0) is 19.4 Å². The summed E-state index contributed by atoms with van der Waals surface area (Å²) in [5.41, 5.74) is -0.986. The molecule has 0 fully saturated rings. The molecule has 0 saturated carbocycles. The van der Waals surface area contributed by atoms with Crippen molar-refractivity contribution >= 4 is 5.78 Å². The molecule has 0 aromatic carbocycles. The molecule has 17 heavy (non-hydrogen) atoms. The molecule has 4 nitrogen and oxygen atoms in total. The summed E-state index contributed by atoms with van der Waals surface area (Å²) < 4.78 is 15.9. The number of hydrogen-bond donors (Lipinski definition) is 0. The van der Waals surface area contributed by atoms with Crippen molar-refractivity contribution < 1.29 is 19.0 Å². The van der Waals surface area contributed by atoms with E-state index in [1.807, 2.05) is 0 Å². The molecule has 0 amide bonds. The first-order valence-corrected chi connectivity index (χ1v) is 5.78. The third-order valence-corrected chi connectivity index (χ3v) is 2.72. The fourth-order valence-electron chi connectivity index (χ4n) is 1.62. The highest BCUT2D eigenvalue weighted by Crippen LogP contribution is 2.27. The van der Waals surface area contributed by atoms with Gasteiger partial charge in [0, 0.05) is 12.7 Å². The number of rotatable bonds is 6. The van der Waals surface area contributed by atoms with Crippen molar-refractivity contribution in [1.82, 2.24) is 0 Å². The number of methoxy groups -OCH3 is 2. The van der Waals surface area contributed by atoms with E-state index in [1.54, 1.807) is 26.2 Å². The zero-order chi connectivity index (χ0) is 12.9. The Morgan fingerprint density at radius 2 is 2.00 bits per heavy atom. The van der Waals surface area contributed by atoms with Crippen molar-refractivity contribution in [2.45, 2.75) is 32.3 Å². The number of ether oxygens (including phenoxy) is 3. The molecule has 0 heterocycles. The third-order valence-electron chi connectivity index (χ3n) is 2.72. The lowest BCUT2D eigenvalue weighted by Crippen LogP contribution is -2.40. The Morgan fingerprint density at radius 3 is 2.53 bits per heavy atom. The maximum atomic E-state index is 12.1. The molecule has 0 spiro atoms. The van der Waals surface area contributed by atoms with Crippen LogP contribution < -0.4 is 0 Å². The van der Waals surface area contributed by atoms with Gasteiger partial charge >= 0.3 is 0 Å². The maximum Gasteiger partial charge on any atom is 0.232 e. The molecular formula is C13H20O4. The van der Waals surface area contributed by atoms with Gasteiger partial charge in [-0.15, -0.1) is 0 Å². The summed E-state index contributed by atoms with van der Waals surface area (Å²) in [4.78, 5) is 12.1. The minimum atomic E-state index is -0.986. The Hall–Kier alpha value is -1.29. The Bertz CT molecular complexity index is 343. The zero-order valence-electron chi connectivity index (χ0n) is 10.9. The van der Waals surface area contributed by atoms with Gasteiger partial charge in [-0.1, -0.05) is 13.3 Å². The molecule has 0 aromatic rings. The molecule has 1 atom stereocenters. The Morgan fingerprint density at radius 1 is 1.29 bits per heavy atom. The normalized spacial score (nSPS) is 24.1. The molecule has 0 aromatic heterocycles. The number of ketones is 1. The average Bonchev–Trinajstić information content (AvgIpc) is 2.33. The van der Waals surface area contributed by atoms with Crippen molar-refractivity contribution in [2.75, 3.05) is 20.8 Å². The first-order chi connectivity index (χ1) is 8.07. The fourth-order valence-corrected chi connectivity index (χ4v) is 1.62. The van der Waals surface area contributed by atoms with E-state index < -0.39 is 5.60 Å². The highest BCUT2D eigenvalue weighted by atomic mass is 16.5. The minimum absolute atomic E-state index is 0.170. The lowest BCUT2D eigenvalue weighted by atomic mass is 9.93. The molecule has 4 heteroatoms. The van der Waals surface area contributed by atoms with Gasteiger partial charge in [0.25, 0.3) is 0 Å². The molecular weight excluding hydrogens is 220 g/mol. The quantitative estimate of drug-likeness (QED) is 0.668. The first-order valence-electron chi connectivity index (χ1n) is 5.78. The predicted octanol–water partition coefficient (Wildman–Crippen LogP) is 2.21. The van der Waals surface area contributed by atoms with E-state index in [-0.39, 0.29) is 11.5 Å². The number of unbranched alkanes of at least 4 members (excludes halogenated alkanes) is 1. The standard InChI is InChI=1S/C13H20O4/c1-5-6-7-17-13(2)9-10(15-3)8-11(16-4)12(13)14/h8-9H,5-7H2,1-4H3. The lowest BCUT2D eigenvalue weighted by Gasteiger charge is -2.29. The maximum absolute atomic E-state index is 12.1. The third kappa shape index (κ3) is 3.09. The van der Waals surface area contributed by atoms with Crippen LogP contribution in [0.4, 0.5) is 0 Å². The SMILES string of the molecule is CCCCOC1(C)C=C(OC)C=C(OC)C1=O. The van der Waals surface area contributed by atoms with E-state index in [1.165, 1.54) is 7.11 Å². The summed E-state index contributed by atoms with van der Waals surface area (Å²) in [6.07, 6.45) is 5.21. The molecule has 96 valence electrons. The van der Waals surface area contributed by atoms with Gasteiger partial charge in [0.05, 0.1) is 14.2 Å². The predicted molar refractivity (Wildman–Crippen MR) is 64.5 cm³/mol. The fraction of sp³-hybridized carbons (Fsp3) is 0.615. The van der Waals surface area contributed by atoms with Gasteiger partial charge in [0.1, 0.15) is 5.76 Å². The summed E-state index contributed by atoms with van der Waals surface area (Å²) in [7, 11) is 3.02. The van der Waals surface area contributed by atoms with Crippen molar-refractivity contribution in [3.63, 3.8) is 0 Å². The van der Waals surface area contributed by atoms with Crippen LogP contribution in [0.25, 0.3) is 0 Å². The largest absolute Gasteiger partial charge is 0.497 e. The molecule has 0 radical (unpaired) electrons. The van der Waals surface area contributed by atoms with Gasteiger partial charge in [-0.3, -0.25) is 4.79 Å². The van der Waals surface area contributed by atoms with Crippen LogP contribution in [-0.2, 0) is 19.0 Å². The second-order valence-corrected chi connectivity index (χ2v) is 4.10. The van der Waals surface area contributed by atoms with Crippen molar-refractivity contribution in [3.8, 4) is 0 Å². The number of allylic oxidation sites excluding steroid dienone is 1. The van der Waals surface area contributed by atoms with Crippen LogP contribution >= 0.6 is 0 Å². The van der Waals surface area contributed by atoms with E-state index in [4.69, 9.17) is 14.2 Å². The Kier molecular flexibility index (Phi) is 4.75. The summed E-state index contributed by atoms with van der Waals surface area (Å²) in [5.74, 6) is 0.681. The van der Waals surface area contributed by atoms with E-state index in [9.17, 15) is 4.79 Å². The number of Topliss-reactive ketones (excluding diaryl/α,β-unsaturated/α-hetero) is 1. The first kappa shape index (κ1) is 13.8. The molecule has 1 aliphatic carbocycles. The number of carbonyl (C=O) groups excluding carboxylic acids is 1. The molecule has 1 aliphatic rings. The smallest absolute Gasteiger partial charge is 0.232 e. The second kappa shape index (κ2) is 5.87. The molecule has 1 rings (SSSR count). The highest BCUT2D eigenvalue weighted by Gasteiger charge is 2.38. The lowest BCUT2D eigenvalue weighted by molar-refractivity contribution is -0.136. The van der Waals surface area contributed by atoms with Crippen LogP contribution in [0.2, 0.25) is 0 Å². The number of carbonyl (C=O) groups is 1. The summed E-state index contributed by atoms with van der Waals surface area (Å²) in [5, 5.41) is 0. The van der Waals surface area contributed by atoms with Gasteiger partial charge in [0.2, 0.25) is 5.78 Å². The Labute approximate surface area is 102 Å². The average molecular weight is 240 g/mol. The summed E-state index contributed by atoms with van der Waals surface area (Å²) in [6.45, 7) is 4.35. The van der Waals surface area contributed by atoms with Gasteiger partial charge < -0.3 is 14.2 Å². The van der Waals surface area contributed by atoms with Gasteiger partial charge in [-0.25, -0.2) is 0 Å². The van der Waals surface area contributed by atoms with E-state index in [0.29, 0.717) is 12.4 Å². The number of hydrogen-bond acceptors (Lipinski definition) is 4. The second-order valence-electron chi connectivity index (χ2n) is 4.10. The van der Waals surface area contributed by atoms with E-state index >= 15 is 0 Å². The van der Waals surface area contributed by atoms with Crippen LogP contribution in [0.3, 0.4) is 0 Å². The van der Waals surface area contributed by atoms with Crippen LogP contribution in [0.15, 0.2) is 23.7 Å². The van der Waals surface area contributed by atoms with Gasteiger partial charge in [-0.2, -0.15) is 0 Å². The van der Waals surface area contributed by atoms with Crippen molar-refractivity contribution in [2.24, 2.45) is 0 Å².